The van der Waals surface area contributed by atoms with Gasteiger partial charge in [0.15, 0.2) is 0 Å². The van der Waals surface area contributed by atoms with Crippen LogP contribution in [-0.4, -0.2) is 42.3 Å². The van der Waals surface area contributed by atoms with Crippen molar-refractivity contribution < 1.29 is 19.4 Å². The molecule has 72 valence electrons. The maximum atomic E-state index is 9.44. The zero-order chi connectivity index (χ0) is 9.40. The molecule has 1 fully saturated rings. The number of halogens is 2. The zero-order valence-corrected chi connectivity index (χ0v) is 7.85. The summed E-state index contributed by atoms with van der Waals surface area (Å²) < 4.78 is 9.89. The summed E-state index contributed by atoms with van der Waals surface area (Å²) in [6, 6.07) is 0. The molecule has 0 aromatic heterocycles. The van der Waals surface area contributed by atoms with Crippen LogP contribution in [0, 0.1) is 0 Å². The van der Waals surface area contributed by atoms with Gasteiger partial charge in [0.05, 0.1) is 26.4 Å². The van der Waals surface area contributed by atoms with Crippen molar-refractivity contribution >= 4 is 29.2 Å². The van der Waals surface area contributed by atoms with Gasteiger partial charge in [-0.15, -0.1) is 0 Å². The third kappa shape index (κ3) is 8.07. The minimum atomic E-state index is -1.29. The number of hydrogen-bond acceptors (Lipinski definition) is 3. The zero-order valence-electron chi connectivity index (χ0n) is 6.33. The van der Waals surface area contributed by atoms with E-state index in [4.69, 9.17) is 37.8 Å². The summed E-state index contributed by atoms with van der Waals surface area (Å²) in [4.78, 5) is 8.15. The van der Waals surface area contributed by atoms with Gasteiger partial charge in [0, 0.05) is 0 Å². The fourth-order valence-corrected chi connectivity index (χ4v) is 0.440. The van der Waals surface area contributed by atoms with Gasteiger partial charge < -0.3 is 14.6 Å². The van der Waals surface area contributed by atoms with Crippen molar-refractivity contribution in [1.82, 2.24) is 0 Å². The first-order chi connectivity index (χ1) is 5.64. The fraction of sp³-hybridized carbons (Fsp3) is 0.833. The fourth-order valence-electron chi connectivity index (χ4n) is 0.440. The molecule has 0 bridgehead atoms. The van der Waals surface area contributed by atoms with E-state index in [9.17, 15) is 4.79 Å². The molecule has 12 heavy (non-hydrogen) atoms. The Kier molecular flexibility index (Phi) is 7.59. The second-order valence-corrected chi connectivity index (χ2v) is 2.96. The summed E-state index contributed by atoms with van der Waals surface area (Å²) in [7, 11) is 0. The Balaban J connectivity index is 0.000000202. The molecule has 6 heteroatoms. The van der Waals surface area contributed by atoms with Crippen molar-refractivity contribution in [2.24, 2.45) is 0 Å². The van der Waals surface area contributed by atoms with Crippen molar-refractivity contribution in [1.29, 1.82) is 0 Å². The minimum Gasteiger partial charge on any atom is -0.479 e. The molecule has 0 atom stereocenters. The van der Waals surface area contributed by atoms with Crippen LogP contribution in [-0.2, 0) is 14.3 Å². The minimum absolute atomic E-state index is 0.778. The maximum Gasteiger partial charge on any atom is 0.337 e. The summed E-state index contributed by atoms with van der Waals surface area (Å²) in [6.07, 6.45) is 0. The molecule has 1 rings (SSSR count). The molecule has 0 aliphatic carbocycles. The third-order valence-electron chi connectivity index (χ3n) is 0.931. The second-order valence-electron chi connectivity index (χ2n) is 1.86. The summed E-state index contributed by atoms with van der Waals surface area (Å²) >= 11 is 9.56. The van der Waals surface area contributed by atoms with Crippen molar-refractivity contribution in [2.45, 2.75) is 4.84 Å². The molecule has 1 saturated heterocycles. The Morgan fingerprint density at radius 2 is 1.42 bits per heavy atom. The van der Waals surface area contributed by atoms with Crippen LogP contribution < -0.4 is 0 Å². The van der Waals surface area contributed by atoms with Gasteiger partial charge in [-0.25, -0.2) is 4.79 Å². The monoisotopic (exact) mass is 216 g/mol. The molecule has 1 aliphatic rings. The van der Waals surface area contributed by atoms with Crippen LogP contribution in [0.25, 0.3) is 0 Å². The molecule has 0 amide bonds. The smallest absolute Gasteiger partial charge is 0.337 e. The van der Waals surface area contributed by atoms with Crippen molar-refractivity contribution in [3.8, 4) is 0 Å². The van der Waals surface area contributed by atoms with Gasteiger partial charge in [-0.3, -0.25) is 0 Å². The summed E-state index contributed by atoms with van der Waals surface area (Å²) in [5.41, 5.74) is 0. The van der Waals surface area contributed by atoms with E-state index in [-0.39, 0.29) is 0 Å². The Labute approximate surface area is 80.4 Å². The number of rotatable bonds is 1. The lowest BCUT2D eigenvalue weighted by Crippen LogP contribution is -2.16. The van der Waals surface area contributed by atoms with Gasteiger partial charge in [0.25, 0.3) is 0 Å². The van der Waals surface area contributed by atoms with Crippen LogP contribution >= 0.6 is 23.2 Å². The Morgan fingerprint density at radius 3 is 1.50 bits per heavy atom. The highest BCUT2D eigenvalue weighted by molar-refractivity contribution is 6.52. The number of carbonyl (C=O) groups is 1. The first kappa shape index (κ1) is 12.0. The lowest BCUT2D eigenvalue weighted by molar-refractivity contribution is -0.135. The van der Waals surface area contributed by atoms with Crippen molar-refractivity contribution in [3.63, 3.8) is 0 Å². The maximum absolute atomic E-state index is 9.44. The molecule has 0 saturated carbocycles. The number of aliphatic carboxylic acids is 1. The molecule has 0 spiro atoms. The van der Waals surface area contributed by atoms with Gasteiger partial charge in [-0.2, -0.15) is 0 Å². The lowest BCUT2D eigenvalue weighted by Gasteiger charge is -2.09. The molecule has 1 aliphatic heterocycles. The Bertz CT molecular complexity index is 113. The van der Waals surface area contributed by atoms with Crippen molar-refractivity contribution in [2.75, 3.05) is 26.4 Å². The van der Waals surface area contributed by atoms with E-state index < -0.39 is 10.8 Å². The summed E-state index contributed by atoms with van der Waals surface area (Å²) in [5.74, 6) is -1.21. The van der Waals surface area contributed by atoms with E-state index in [1.165, 1.54) is 0 Å². The normalized spacial score (nSPS) is 16.6. The summed E-state index contributed by atoms with van der Waals surface area (Å²) in [5, 5.41) is 7.73. The summed E-state index contributed by atoms with van der Waals surface area (Å²) in [6.45, 7) is 3.11. The Hall–Kier alpha value is -0.0300. The number of hydrogen-bond donors (Lipinski definition) is 1. The van der Waals surface area contributed by atoms with Gasteiger partial charge in [-0.05, 0) is 0 Å². The van der Waals surface area contributed by atoms with Gasteiger partial charge in [0.1, 0.15) is 0 Å². The van der Waals surface area contributed by atoms with Crippen LogP contribution in [0.2, 0.25) is 0 Å². The largest absolute Gasteiger partial charge is 0.479 e. The predicted molar refractivity (Wildman–Crippen MR) is 44.8 cm³/mol. The highest BCUT2D eigenvalue weighted by atomic mass is 35.5. The lowest BCUT2D eigenvalue weighted by atomic mass is 10.6. The van der Waals surface area contributed by atoms with Crippen LogP contribution in [0.15, 0.2) is 0 Å². The van der Waals surface area contributed by atoms with E-state index >= 15 is 0 Å². The topological polar surface area (TPSA) is 55.8 Å². The van der Waals surface area contributed by atoms with Gasteiger partial charge in [-0.1, -0.05) is 23.2 Å². The van der Waals surface area contributed by atoms with Gasteiger partial charge in [0.2, 0.25) is 4.84 Å². The van der Waals surface area contributed by atoms with E-state index in [0.717, 1.165) is 26.4 Å². The molecule has 1 N–H and O–H groups in total. The van der Waals surface area contributed by atoms with E-state index in [0.29, 0.717) is 0 Å². The molecule has 1 heterocycles. The molecule has 0 unspecified atom stereocenters. The first-order valence-electron chi connectivity index (χ1n) is 3.31. The molecule has 0 aromatic carbocycles. The molecular weight excluding hydrogens is 207 g/mol. The average Bonchev–Trinajstić information content (AvgIpc) is 2.08. The number of carboxylic acids is 1. The number of carboxylic acid groups (broad SMARTS) is 1. The second kappa shape index (κ2) is 7.61. The first-order valence-corrected chi connectivity index (χ1v) is 4.18. The van der Waals surface area contributed by atoms with E-state index in [1.807, 2.05) is 0 Å². The molecule has 4 nitrogen and oxygen atoms in total. The quantitative estimate of drug-likeness (QED) is 0.663. The number of ether oxygens (including phenoxy) is 2. The van der Waals surface area contributed by atoms with Crippen LogP contribution in [0.5, 0.6) is 0 Å². The molecule has 0 radical (unpaired) electrons. The Morgan fingerprint density at radius 1 is 1.17 bits per heavy atom. The van der Waals surface area contributed by atoms with Crippen LogP contribution in [0.1, 0.15) is 0 Å². The van der Waals surface area contributed by atoms with E-state index in [1.54, 1.807) is 0 Å². The van der Waals surface area contributed by atoms with E-state index in [2.05, 4.69) is 0 Å². The van der Waals surface area contributed by atoms with Crippen LogP contribution in [0.3, 0.4) is 0 Å². The molecule has 0 aromatic rings. The van der Waals surface area contributed by atoms with Crippen molar-refractivity contribution in [3.05, 3.63) is 0 Å². The highest BCUT2D eigenvalue weighted by Crippen LogP contribution is 1.98. The average molecular weight is 217 g/mol. The molecular formula is C6H10Cl2O4. The SMILES string of the molecule is C1COCCO1.O=C(O)C(Cl)Cl. The highest BCUT2D eigenvalue weighted by Gasteiger charge is 2.05. The van der Waals surface area contributed by atoms with Gasteiger partial charge >= 0.3 is 5.97 Å². The third-order valence-corrected chi connectivity index (χ3v) is 1.30. The predicted octanol–water partition coefficient (Wildman–Crippen LogP) is 0.908. The standard InChI is InChI=1S/C4H8O2.C2H2Cl2O2/c1-2-6-4-3-5-1;3-1(4)2(5)6/h1-4H2;1H,(H,5,6). The van der Waals surface area contributed by atoms with Crippen LogP contribution in [0.4, 0.5) is 0 Å². The number of alkyl halides is 2.